The van der Waals surface area contributed by atoms with Gasteiger partial charge in [-0.3, -0.25) is 24.2 Å². The first kappa shape index (κ1) is 27.7. The molecule has 3 aromatic carbocycles. The van der Waals surface area contributed by atoms with Gasteiger partial charge in [0.15, 0.2) is 0 Å². The Labute approximate surface area is 234 Å². The number of nitrogens with zero attached hydrogens (tertiary/aromatic N) is 3. The molecule has 2 heterocycles. The van der Waals surface area contributed by atoms with Gasteiger partial charge >= 0.3 is 5.97 Å². The number of pyridine rings is 1. The van der Waals surface area contributed by atoms with Gasteiger partial charge in [0.05, 0.1) is 12.1 Å². The van der Waals surface area contributed by atoms with Crippen molar-refractivity contribution < 1.29 is 22.8 Å². The number of hydrogen-bond acceptors (Lipinski definition) is 8. The molecule has 4 aromatic rings. The fourth-order valence-electron chi connectivity index (χ4n) is 4.70. The molecule has 0 atom stereocenters. The number of ether oxygens (including phenoxy) is 1. The van der Waals surface area contributed by atoms with E-state index in [9.17, 15) is 13.2 Å². The third-order valence-corrected chi connectivity index (χ3v) is 8.03. The van der Waals surface area contributed by atoms with Crippen LogP contribution in [0.3, 0.4) is 0 Å². The maximum Gasteiger partial charge on any atom is 0.308 e. The topological polar surface area (TPSA) is 101 Å². The van der Waals surface area contributed by atoms with Crippen LogP contribution in [-0.4, -0.2) is 55.5 Å². The highest BCUT2D eigenvalue weighted by Crippen LogP contribution is 2.24. The fraction of sp³-hybridized carbons (Fsp3) is 0.267. The van der Waals surface area contributed by atoms with Crippen molar-refractivity contribution in [2.24, 2.45) is 0 Å². The van der Waals surface area contributed by atoms with Gasteiger partial charge in [0.25, 0.3) is 10.0 Å². The predicted molar refractivity (Wildman–Crippen MR) is 153 cm³/mol. The van der Waals surface area contributed by atoms with Crippen molar-refractivity contribution in [1.29, 1.82) is 0 Å². The number of hydroxylamine groups is 2. The van der Waals surface area contributed by atoms with E-state index >= 15 is 0 Å². The molecular formula is C30H32N4O5S. The summed E-state index contributed by atoms with van der Waals surface area (Å²) >= 11 is 0. The molecule has 0 aliphatic carbocycles. The maximum absolute atomic E-state index is 13.1. The second-order valence-electron chi connectivity index (χ2n) is 9.71. The Morgan fingerprint density at radius 2 is 1.73 bits per heavy atom. The summed E-state index contributed by atoms with van der Waals surface area (Å²) in [6, 6.07) is 23.6. The minimum absolute atomic E-state index is 0.144. The molecule has 208 valence electrons. The van der Waals surface area contributed by atoms with Crippen molar-refractivity contribution in [2.75, 3.05) is 30.9 Å². The maximum atomic E-state index is 13.1. The summed E-state index contributed by atoms with van der Waals surface area (Å²) < 4.78 is 34.0. The van der Waals surface area contributed by atoms with E-state index in [0.717, 1.165) is 55.7 Å². The number of rotatable bonds is 9. The molecule has 40 heavy (non-hydrogen) atoms. The number of benzene rings is 3. The molecule has 9 nitrogen and oxygen atoms in total. The number of para-hydroxylation sites is 1. The van der Waals surface area contributed by atoms with Gasteiger partial charge in [0.2, 0.25) is 0 Å². The zero-order chi connectivity index (χ0) is 28.0. The van der Waals surface area contributed by atoms with Crippen LogP contribution >= 0.6 is 0 Å². The van der Waals surface area contributed by atoms with E-state index in [4.69, 9.17) is 9.57 Å². The van der Waals surface area contributed by atoms with E-state index in [-0.39, 0.29) is 10.9 Å². The number of carbonyl (C=O) groups excluding carboxylic acids is 1. The van der Waals surface area contributed by atoms with E-state index in [1.165, 1.54) is 6.92 Å². The zero-order valence-corrected chi connectivity index (χ0v) is 23.1. The first-order chi connectivity index (χ1) is 19.4. The van der Waals surface area contributed by atoms with Crippen molar-refractivity contribution >= 4 is 32.6 Å². The third-order valence-electron chi connectivity index (χ3n) is 6.62. The number of sulfonamides is 1. The molecule has 0 bridgehead atoms. The predicted octanol–water partition coefficient (Wildman–Crippen LogP) is 4.60. The lowest BCUT2D eigenvalue weighted by atomic mass is 10.2. The Kier molecular flexibility index (Phi) is 8.71. The molecule has 5 rings (SSSR count). The van der Waals surface area contributed by atoms with E-state index in [1.807, 2.05) is 47.5 Å². The summed E-state index contributed by atoms with van der Waals surface area (Å²) in [5, 5.41) is 2.75. The summed E-state index contributed by atoms with van der Waals surface area (Å²) in [4.78, 5) is 24.1. The second kappa shape index (κ2) is 12.6. The average Bonchev–Trinajstić information content (AvgIpc) is 3.17. The number of fused-ring (bicyclic) bond motifs is 1. The van der Waals surface area contributed by atoms with Crippen LogP contribution in [0.4, 0.5) is 5.69 Å². The molecule has 0 radical (unpaired) electrons. The molecular weight excluding hydrogens is 528 g/mol. The normalized spacial score (nSPS) is 15.0. The smallest absolute Gasteiger partial charge is 0.308 e. The van der Waals surface area contributed by atoms with E-state index in [0.29, 0.717) is 23.6 Å². The monoisotopic (exact) mass is 560 g/mol. The summed E-state index contributed by atoms with van der Waals surface area (Å²) in [7, 11) is -3.80. The average molecular weight is 561 g/mol. The molecule has 0 spiro atoms. The van der Waals surface area contributed by atoms with Crippen molar-refractivity contribution in [3.63, 3.8) is 0 Å². The summed E-state index contributed by atoms with van der Waals surface area (Å²) in [5.41, 5.74) is 2.95. The molecule has 1 fully saturated rings. The molecule has 1 aromatic heterocycles. The van der Waals surface area contributed by atoms with Gasteiger partial charge in [-0.1, -0.05) is 42.5 Å². The second-order valence-corrected chi connectivity index (χ2v) is 11.4. The Bertz CT molecular complexity index is 1570. The number of aromatic nitrogens is 1. The lowest BCUT2D eigenvalue weighted by molar-refractivity contribution is -0.166. The minimum atomic E-state index is -3.80. The van der Waals surface area contributed by atoms with Crippen LogP contribution in [0.15, 0.2) is 90.0 Å². The Morgan fingerprint density at radius 1 is 0.925 bits per heavy atom. The SMILES string of the molecule is CC(=O)Oc1cccc(CN2CCCN(OCc3ccc(NS(=O)(=O)c4cccc5cccnc45)cc3)CC2)c1. The lowest BCUT2D eigenvalue weighted by Crippen LogP contribution is -2.30. The van der Waals surface area contributed by atoms with Crippen LogP contribution in [0.1, 0.15) is 24.5 Å². The van der Waals surface area contributed by atoms with Gasteiger partial charge in [0, 0.05) is 50.4 Å². The molecule has 1 aliphatic heterocycles. The Hall–Kier alpha value is -3.83. The summed E-state index contributed by atoms with van der Waals surface area (Å²) in [6.45, 7) is 5.94. The molecule has 10 heteroatoms. The fourth-order valence-corrected chi connectivity index (χ4v) is 5.94. The third kappa shape index (κ3) is 7.22. The lowest BCUT2D eigenvalue weighted by Gasteiger charge is -2.22. The number of hydrogen-bond donors (Lipinski definition) is 1. The summed E-state index contributed by atoms with van der Waals surface area (Å²) in [6.07, 6.45) is 2.55. The highest BCUT2D eigenvalue weighted by atomic mass is 32.2. The zero-order valence-electron chi connectivity index (χ0n) is 22.3. The minimum Gasteiger partial charge on any atom is -0.427 e. The molecule has 1 N–H and O–H groups in total. The van der Waals surface area contributed by atoms with E-state index in [1.54, 1.807) is 42.6 Å². The summed E-state index contributed by atoms with van der Waals surface area (Å²) in [5.74, 6) is 0.239. The van der Waals surface area contributed by atoms with Gasteiger partial charge in [-0.15, -0.1) is 0 Å². The Morgan fingerprint density at radius 3 is 2.55 bits per heavy atom. The number of carbonyl (C=O) groups is 1. The first-order valence-corrected chi connectivity index (χ1v) is 14.7. The first-order valence-electron chi connectivity index (χ1n) is 13.2. The number of anilines is 1. The molecule has 1 aliphatic rings. The van der Waals surface area contributed by atoms with Gasteiger partial charge < -0.3 is 4.74 Å². The largest absolute Gasteiger partial charge is 0.427 e. The van der Waals surface area contributed by atoms with Crippen molar-refractivity contribution in [1.82, 2.24) is 14.9 Å². The molecule has 1 saturated heterocycles. The quantitative estimate of drug-likeness (QED) is 0.234. The van der Waals surface area contributed by atoms with Gasteiger partial charge in [-0.05, 0) is 60.5 Å². The van der Waals surface area contributed by atoms with Crippen LogP contribution in [0.25, 0.3) is 10.9 Å². The van der Waals surface area contributed by atoms with Gasteiger partial charge in [-0.2, -0.15) is 5.06 Å². The highest BCUT2D eigenvalue weighted by Gasteiger charge is 2.19. The number of nitrogens with one attached hydrogen (secondary N) is 1. The molecule has 0 amide bonds. The Balaban J connectivity index is 1.12. The molecule has 0 saturated carbocycles. The van der Waals surface area contributed by atoms with Crippen LogP contribution in [0.5, 0.6) is 5.75 Å². The van der Waals surface area contributed by atoms with Crippen molar-refractivity contribution in [3.8, 4) is 5.75 Å². The molecule has 0 unspecified atom stereocenters. The van der Waals surface area contributed by atoms with E-state index < -0.39 is 10.0 Å². The van der Waals surface area contributed by atoms with Crippen molar-refractivity contribution in [2.45, 2.75) is 31.4 Å². The van der Waals surface area contributed by atoms with Crippen molar-refractivity contribution in [3.05, 3.63) is 96.2 Å². The van der Waals surface area contributed by atoms with Gasteiger partial charge in [-0.25, -0.2) is 8.42 Å². The van der Waals surface area contributed by atoms with Gasteiger partial charge in [0.1, 0.15) is 10.6 Å². The highest BCUT2D eigenvalue weighted by molar-refractivity contribution is 7.93. The van der Waals surface area contributed by atoms with Crippen LogP contribution in [0, 0.1) is 0 Å². The van der Waals surface area contributed by atoms with Crippen LogP contribution < -0.4 is 9.46 Å². The standard InChI is InChI=1S/C30H32N4O5S/c1-23(35)39-28-9-2-6-25(20-28)21-33-16-5-17-34(19-18-33)38-22-24-11-13-27(14-12-24)32-40(36,37)29-10-3-7-26-8-4-15-31-30(26)29/h2-4,6-15,20,32H,5,16-19,21-22H2,1H3. The number of esters is 1. The van der Waals surface area contributed by atoms with Crippen LogP contribution in [-0.2, 0) is 32.8 Å². The van der Waals surface area contributed by atoms with E-state index in [2.05, 4.69) is 14.6 Å². The van der Waals surface area contributed by atoms with Crippen LogP contribution in [0.2, 0.25) is 0 Å².